The molecular formula is C13H19NO2. The van der Waals surface area contributed by atoms with E-state index in [1.807, 2.05) is 32.0 Å². The van der Waals surface area contributed by atoms with Crippen LogP contribution in [0, 0.1) is 0 Å². The monoisotopic (exact) mass is 221 g/mol. The van der Waals surface area contributed by atoms with Crippen molar-refractivity contribution < 1.29 is 9.53 Å². The van der Waals surface area contributed by atoms with Gasteiger partial charge in [-0.25, -0.2) is 0 Å². The van der Waals surface area contributed by atoms with Crippen molar-refractivity contribution in [3.63, 3.8) is 0 Å². The minimum atomic E-state index is -0.0674. The molecule has 0 amide bonds. The summed E-state index contributed by atoms with van der Waals surface area (Å²) in [4.78, 5) is 11.9. The molecule has 1 aromatic carbocycles. The number of hydrogen-bond acceptors (Lipinski definition) is 3. The van der Waals surface area contributed by atoms with Crippen LogP contribution >= 0.6 is 0 Å². The van der Waals surface area contributed by atoms with Gasteiger partial charge in [0, 0.05) is 12.5 Å². The molecule has 1 aromatic rings. The third kappa shape index (κ3) is 3.35. The Hall–Kier alpha value is -1.35. The minimum absolute atomic E-state index is 0.0541. The van der Waals surface area contributed by atoms with Gasteiger partial charge >= 0.3 is 0 Å². The molecule has 1 atom stereocenters. The summed E-state index contributed by atoms with van der Waals surface area (Å²) in [5, 5.41) is 0. The molecule has 2 N–H and O–H groups in total. The van der Waals surface area contributed by atoms with Gasteiger partial charge in [-0.1, -0.05) is 19.1 Å². The van der Waals surface area contributed by atoms with Crippen molar-refractivity contribution in [2.75, 3.05) is 6.61 Å². The Morgan fingerprint density at radius 2 is 2.06 bits per heavy atom. The van der Waals surface area contributed by atoms with Crippen LogP contribution in [0.2, 0.25) is 0 Å². The average molecular weight is 221 g/mol. The Bertz CT molecular complexity index is 350. The molecule has 0 saturated heterocycles. The van der Waals surface area contributed by atoms with Gasteiger partial charge < -0.3 is 10.5 Å². The molecular weight excluding hydrogens is 202 g/mol. The second-order valence-electron chi connectivity index (χ2n) is 3.72. The number of rotatable bonds is 6. The van der Waals surface area contributed by atoms with Crippen LogP contribution in [0.1, 0.15) is 37.0 Å². The Kier molecular flexibility index (Phi) is 4.99. The van der Waals surface area contributed by atoms with Crippen LogP contribution in [0.25, 0.3) is 0 Å². The maximum absolute atomic E-state index is 11.9. The van der Waals surface area contributed by atoms with Crippen LogP contribution in [0.15, 0.2) is 24.3 Å². The van der Waals surface area contributed by atoms with Crippen molar-refractivity contribution >= 4 is 5.78 Å². The molecule has 0 heterocycles. The first-order valence-electron chi connectivity index (χ1n) is 5.69. The Labute approximate surface area is 96.6 Å². The van der Waals surface area contributed by atoms with E-state index >= 15 is 0 Å². The van der Waals surface area contributed by atoms with Gasteiger partial charge in [-0.15, -0.1) is 0 Å². The minimum Gasteiger partial charge on any atom is -0.493 e. The fourth-order valence-electron chi connectivity index (χ4n) is 1.47. The number of carbonyl (C=O) groups excluding carboxylic acids is 1. The van der Waals surface area contributed by atoms with Gasteiger partial charge in [-0.3, -0.25) is 4.79 Å². The first-order chi connectivity index (χ1) is 7.69. The van der Waals surface area contributed by atoms with Crippen LogP contribution in [0.4, 0.5) is 0 Å². The highest BCUT2D eigenvalue weighted by atomic mass is 16.5. The fraction of sp³-hybridized carbons (Fsp3) is 0.462. The summed E-state index contributed by atoms with van der Waals surface area (Å²) >= 11 is 0. The van der Waals surface area contributed by atoms with E-state index < -0.39 is 0 Å². The van der Waals surface area contributed by atoms with Gasteiger partial charge in [0.05, 0.1) is 12.2 Å². The molecule has 0 spiro atoms. The van der Waals surface area contributed by atoms with E-state index in [1.54, 1.807) is 6.07 Å². The zero-order chi connectivity index (χ0) is 12.0. The van der Waals surface area contributed by atoms with Crippen LogP contribution in [0.5, 0.6) is 5.75 Å². The molecule has 0 saturated carbocycles. The van der Waals surface area contributed by atoms with Crippen molar-refractivity contribution in [3.05, 3.63) is 29.8 Å². The maximum atomic E-state index is 11.9. The summed E-state index contributed by atoms with van der Waals surface area (Å²) in [6.45, 7) is 4.44. The number of nitrogens with two attached hydrogens (primary N) is 1. The molecule has 3 nitrogen and oxygen atoms in total. The summed E-state index contributed by atoms with van der Waals surface area (Å²) in [6, 6.07) is 7.24. The highest BCUT2D eigenvalue weighted by Crippen LogP contribution is 2.20. The van der Waals surface area contributed by atoms with E-state index in [2.05, 4.69) is 0 Å². The third-order valence-electron chi connectivity index (χ3n) is 2.46. The van der Waals surface area contributed by atoms with Crippen LogP contribution in [0.3, 0.4) is 0 Å². The van der Waals surface area contributed by atoms with Gasteiger partial charge in [0.25, 0.3) is 0 Å². The summed E-state index contributed by atoms with van der Waals surface area (Å²) < 4.78 is 5.41. The van der Waals surface area contributed by atoms with Crippen molar-refractivity contribution in [2.45, 2.75) is 32.7 Å². The van der Waals surface area contributed by atoms with Crippen LogP contribution < -0.4 is 10.5 Å². The lowest BCUT2D eigenvalue weighted by Crippen LogP contribution is -2.23. The molecule has 0 fully saturated rings. The lowest BCUT2D eigenvalue weighted by molar-refractivity contribution is 0.0970. The number of Topliss-reactive ketones (excluding diaryl/α,β-unsaturated/α-hetero) is 1. The second kappa shape index (κ2) is 6.28. The van der Waals surface area contributed by atoms with E-state index in [0.717, 1.165) is 6.42 Å². The van der Waals surface area contributed by atoms with Crippen LogP contribution in [-0.4, -0.2) is 18.4 Å². The zero-order valence-corrected chi connectivity index (χ0v) is 9.90. The predicted molar refractivity (Wildman–Crippen MR) is 64.8 cm³/mol. The van der Waals surface area contributed by atoms with Gasteiger partial charge in [-0.2, -0.15) is 0 Å². The first kappa shape index (κ1) is 12.7. The highest BCUT2D eigenvalue weighted by Gasteiger charge is 2.14. The third-order valence-corrected chi connectivity index (χ3v) is 2.46. The molecule has 0 radical (unpaired) electrons. The number of carbonyl (C=O) groups is 1. The number of ketones is 1. The van der Waals surface area contributed by atoms with Crippen molar-refractivity contribution in [1.82, 2.24) is 0 Å². The highest BCUT2D eigenvalue weighted by molar-refractivity contribution is 5.98. The van der Waals surface area contributed by atoms with Crippen molar-refractivity contribution in [3.8, 4) is 5.75 Å². The summed E-state index contributed by atoms with van der Waals surface area (Å²) in [5.41, 5.74) is 6.41. The van der Waals surface area contributed by atoms with E-state index in [-0.39, 0.29) is 11.8 Å². The Balaban J connectivity index is 2.81. The van der Waals surface area contributed by atoms with Gasteiger partial charge in [0.1, 0.15) is 5.75 Å². The summed E-state index contributed by atoms with van der Waals surface area (Å²) in [5.74, 6) is 0.705. The topological polar surface area (TPSA) is 52.3 Å². The molecule has 0 aliphatic rings. The average Bonchev–Trinajstić information content (AvgIpc) is 2.30. The summed E-state index contributed by atoms with van der Waals surface area (Å²) in [7, 11) is 0. The number of benzene rings is 1. The fourth-order valence-corrected chi connectivity index (χ4v) is 1.47. The van der Waals surface area contributed by atoms with Gasteiger partial charge in [0.2, 0.25) is 0 Å². The number of hydrogen-bond donors (Lipinski definition) is 1. The van der Waals surface area contributed by atoms with Crippen LogP contribution in [-0.2, 0) is 0 Å². The molecule has 0 aliphatic heterocycles. The molecule has 1 rings (SSSR count). The SMILES string of the molecule is CCOc1ccccc1C(=O)CC(N)CC. The first-order valence-corrected chi connectivity index (χ1v) is 5.69. The standard InChI is InChI=1S/C13H19NO2/c1-3-10(14)9-12(15)11-7-5-6-8-13(11)16-4-2/h5-8,10H,3-4,9,14H2,1-2H3. The maximum Gasteiger partial charge on any atom is 0.168 e. The molecule has 16 heavy (non-hydrogen) atoms. The Morgan fingerprint density at radius 3 is 2.69 bits per heavy atom. The van der Waals surface area contributed by atoms with Crippen molar-refractivity contribution in [1.29, 1.82) is 0 Å². The molecule has 1 unspecified atom stereocenters. The quantitative estimate of drug-likeness (QED) is 0.750. The lowest BCUT2D eigenvalue weighted by atomic mass is 10.0. The summed E-state index contributed by atoms with van der Waals surface area (Å²) in [6.07, 6.45) is 1.18. The normalized spacial score (nSPS) is 12.2. The number of ether oxygens (including phenoxy) is 1. The van der Waals surface area contributed by atoms with E-state index in [9.17, 15) is 4.79 Å². The molecule has 3 heteroatoms. The molecule has 88 valence electrons. The van der Waals surface area contributed by atoms with E-state index in [0.29, 0.717) is 24.3 Å². The van der Waals surface area contributed by atoms with Gasteiger partial charge in [-0.05, 0) is 25.5 Å². The molecule has 0 bridgehead atoms. The zero-order valence-electron chi connectivity index (χ0n) is 9.90. The van der Waals surface area contributed by atoms with E-state index in [4.69, 9.17) is 10.5 Å². The Morgan fingerprint density at radius 1 is 1.38 bits per heavy atom. The predicted octanol–water partition coefficient (Wildman–Crippen LogP) is 2.40. The number of para-hydroxylation sites is 1. The molecule has 0 aliphatic carbocycles. The molecule has 0 aromatic heterocycles. The largest absolute Gasteiger partial charge is 0.493 e. The second-order valence-corrected chi connectivity index (χ2v) is 3.72. The van der Waals surface area contributed by atoms with Gasteiger partial charge in [0.15, 0.2) is 5.78 Å². The smallest absolute Gasteiger partial charge is 0.168 e. The van der Waals surface area contributed by atoms with Crippen molar-refractivity contribution in [2.24, 2.45) is 5.73 Å². The lowest BCUT2D eigenvalue weighted by Gasteiger charge is -2.11. The van der Waals surface area contributed by atoms with E-state index in [1.165, 1.54) is 0 Å².